The highest BCUT2D eigenvalue weighted by atomic mass is 16.5. The number of hydrogen-bond acceptors (Lipinski definition) is 4. The normalized spacial score (nSPS) is 21.7. The highest BCUT2D eigenvalue weighted by Crippen LogP contribution is 2.10. The van der Waals surface area contributed by atoms with Gasteiger partial charge in [0.05, 0.1) is 12.7 Å². The molecule has 1 saturated heterocycles. The lowest BCUT2D eigenvalue weighted by Gasteiger charge is -2.22. The van der Waals surface area contributed by atoms with Crippen LogP contribution in [0.15, 0.2) is 0 Å². The zero-order chi connectivity index (χ0) is 9.52. The fraction of sp³-hybridized carbons (Fsp3) is 1.00. The second-order valence-electron chi connectivity index (χ2n) is 3.41. The van der Waals surface area contributed by atoms with Gasteiger partial charge in [-0.25, -0.2) is 0 Å². The molecule has 0 aromatic rings. The van der Waals surface area contributed by atoms with Gasteiger partial charge < -0.3 is 20.3 Å². The van der Waals surface area contributed by atoms with E-state index in [1.54, 1.807) is 0 Å². The Morgan fingerprint density at radius 2 is 2.15 bits per heavy atom. The van der Waals surface area contributed by atoms with Crippen molar-refractivity contribution in [3.63, 3.8) is 0 Å². The molecule has 0 amide bonds. The van der Waals surface area contributed by atoms with Crippen molar-refractivity contribution in [3.05, 3.63) is 0 Å². The molecular weight excluding hydrogens is 170 g/mol. The summed E-state index contributed by atoms with van der Waals surface area (Å²) in [5, 5.41) is 8.67. The van der Waals surface area contributed by atoms with E-state index in [4.69, 9.17) is 20.3 Å². The molecule has 4 nitrogen and oxygen atoms in total. The SMILES string of the molecule is NC(CO)CCOC1CCOCC1. The second-order valence-corrected chi connectivity index (χ2v) is 3.41. The lowest BCUT2D eigenvalue weighted by Crippen LogP contribution is -2.29. The monoisotopic (exact) mass is 189 g/mol. The van der Waals surface area contributed by atoms with Crippen LogP contribution in [-0.2, 0) is 9.47 Å². The molecule has 13 heavy (non-hydrogen) atoms. The molecule has 78 valence electrons. The molecule has 0 spiro atoms. The molecule has 0 saturated carbocycles. The van der Waals surface area contributed by atoms with E-state index >= 15 is 0 Å². The van der Waals surface area contributed by atoms with Gasteiger partial charge in [0.25, 0.3) is 0 Å². The average molecular weight is 189 g/mol. The first-order valence-corrected chi connectivity index (χ1v) is 4.88. The van der Waals surface area contributed by atoms with Crippen molar-refractivity contribution in [1.29, 1.82) is 0 Å². The second kappa shape index (κ2) is 6.32. The number of nitrogens with two attached hydrogens (primary N) is 1. The Labute approximate surface area is 79.0 Å². The first kappa shape index (κ1) is 10.9. The van der Waals surface area contributed by atoms with Gasteiger partial charge in [-0.1, -0.05) is 0 Å². The zero-order valence-electron chi connectivity index (χ0n) is 7.95. The Bertz CT molecular complexity index is 126. The molecular formula is C9H19NO3. The molecule has 3 N–H and O–H groups in total. The third kappa shape index (κ3) is 4.57. The maximum absolute atomic E-state index is 8.67. The number of aliphatic hydroxyl groups excluding tert-OH is 1. The minimum Gasteiger partial charge on any atom is -0.395 e. The Kier molecular flexibility index (Phi) is 5.31. The van der Waals surface area contributed by atoms with Crippen LogP contribution in [0.3, 0.4) is 0 Å². The highest BCUT2D eigenvalue weighted by Gasteiger charge is 2.13. The van der Waals surface area contributed by atoms with Crippen LogP contribution < -0.4 is 5.73 Å². The minimum absolute atomic E-state index is 0.0388. The summed E-state index contributed by atoms with van der Waals surface area (Å²) < 4.78 is 10.8. The van der Waals surface area contributed by atoms with Gasteiger partial charge >= 0.3 is 0 Å². The van der Waals surface area contributed by atoms with Crippen LogP contribution in [0.2, 0.25) is 0 Å². The van der Waals surface area contributed by atoms with Crippen molar-refractivity contribution in [2.75, 3.05) is 26.4 Å². The van der Waals surface area contributed by atoms with Crippen LogP contribution >= 0.6 is 0 Å². The van der Waals surface area contributed by atoms with Crippen LogP contribution in [0.1, 0.15) is 19.3 Å². The minimum atomic E-state index is -0.139. The van der Waals surface area contributed by atoms with Crippen molar-refractivity contribution in [2.24, 2.45) is 5.73 Å². The number of hydrogen-bond donors (Lipinski definition) is 2. The van der Waals surface area contributed by atoms with Gasteiger partial charge in [-0.3, -0.25) is 0 Å². The predicted octanol–water partition coefficient (Wildman–Crippen LogP) is -0.108. The predicted molar refractivity (Wildman–Crippen MR) is 49.5 cm³/mol. The van der Waals surface area contributed by atoms with Crippen molar-refractivity contribution in [1.82, 2.24) is 0 Å². The molecule has 0 aliphatic carbocycles. The van der Waals surface area contributed by atoms with E-state index in [1.807, 2.05) is 0 Å². The van der Waals surface area contributed by atoms with Gasteiger partial charge in [-0.05, 0) is 19.3 Å². The van der Waals surface area contributed by atoms with Gasteiger partial charge in [0.15, 0.2) is 0 Å². The number of rotatable bonds is 5. The van der Waals surface area contributed by atoms with Crippen molar-refractivity contribution in [2.45, 2.75) is 31.4 Å². The van der Waals surface area contributed by atoms with Gasteiger partial charge in [-0.2, -0.15) is 0 Å². The van der Waals surface area contributed by atoms with E-state index in [0.717, 1.165) is 32.5 Å². The summed E-state index contributed by atoms with van der Waals surface area (Å²) >= 11 is 0. The summed E-state index contributed by atoms with van der Waals surface area (Å²) in [6, 6.07) is -0.139. The van der Waals surface area contributed by atoms with Gasteiger partial charge in [0.2, 0.25) is 0 Å². The lowest BCUT2D eigenvalue weighted by atomic mass is 10.1. The maximum Gasteiger partial charge on any atom is 0.0619 e. The summed E-state index contributed by atoms with van der Waals surface area (Å²) in [7, 11) is 0. The molecule has 1 aliphatic heterocycles. The number of ether oxygens (including phenoxy) is 2. The zero-order valence-corrected chi connectivity index (χ0v) is 7.95. The molecule has 0 aromatic carbocycles. The van der Waals surface area contributed by atoms with E-state index in [0.29, 0.717) is 12.7 Å². The molecule has 1 unspecified atom stereocenters. The molecule has 1 atom stereocenters. The van der Waals surface area contributed by atoms with Gasteiger partial charge in [0, 0.05) is 25.9 Å². The Hall–Kier alpha value is -0.160. The van der Waals surface area contributed by atoms with E-state index in [-0.39, 0.29) is 12.6 Å². The molecule has 0 bridgehead atoms. The topological polar surface area (TPSA) is 64.7 Å². The molecule has 0 radical (unpaired) electrons. The van der Waals surface area contributed by atoms with Crippen molar-refractivity contribution >= 4 is 0 Å². The summed E-state index contributed by atoms with van der Waals surface area (Å²) in [5.74, 6) is 0. The maximum atomic E-state index is 8.67. The molecule has 1 rings (SSSR count). The molecule has 1 aliphatic rings. The Balaban J connectivity index is 1.98. The van der Waals surface area contributed by atoms with Crippen LogP contribution in [0, 0.1) is 0 Å². The summed E-state index contributed by atoms with van der Waals surface area (Å²) in [4.78, 5) is 0. The smallest absolute Gasteiger partial charge is 0.0619 e. The third-order valence-corrected chi connectivity index (χ3v) is 2.25. The fourth-order valence-corrected chi connectivity index (χ4v) is 1.32. The molecule has 4 heteroatoms. The standard InChI is InChI=1S/C9H19NO3/c10-8(7-11)1-6-13-9-2-4-12-5-3-9/h8-9,11H,1-7,10H2. The Morgan fingerprint density at radius 3 is 2.77 bits per heavy atom. The summed E-state index contributed by atoms with van der Waals surface area (Å²) in [6.07, 6.45) is 3.02. The molecule has 1 fully saturated rings. The fourth-order valence-electron chi connectivity index (χ4n) is 1.32. The highest BCUT2D eigenvalue weighted by molar-refractivity contribution is 4.64. The van der Waals surface area contributed by atoms with Gasteiger partial charge in [-0.15, -0.1) is 0 Å². The molecule has 0 aromatic heterocycles. The first-order chi connectivity index (χ1) is 6.33. The average Bonchev–Trinajstić information content (AvgIpc) is 2.19. The van der Waals surface area contributed by atoms with E-state index < -0.39 is 0 Å². The quantitative estimate of drug-likeness (QED) is 0.633. The number of aliphatic hydroxyl groups is 1. The lowest BCUT2D eigenvalue weighted by molar-refractivity contribution is -0.0341. The summed E-state index contributed by atoms with van der Waals surface area (Å²) in [6.45, 7) is 2.29. The van der Waals surface area contributed by atoms with Gasteiger partial charge in [0.1, 0.15) is 0 Å². The van der Waals surface area contributed by atoms with Crippen LogP contribution in [0.25, 0.3) is 0 Å². The van der Waals surface area contributed by atoms with E-state index in [9.17, 15) is 0 Å². The van der Waals surface area contributed by atoms with Crippen LogP contribution in [0.4, 0.5) is 0 Å². The third-order valence-electron chi connectivity index (χ3n) is 2.25. The van der Waals surface area contributed by atoms with Crippen LogP contribution in [-0.4, -0.2) is 43.7 Å². The summed E-state index contributed by atoms with van der Waals surface area (Å²) in [5.41, 5.74) is 5.53. The van der Waals surface area contributed by atoms with Crippen LogP contribution in [0.5, 0.6) is 0 Å². The van der Waals surface area contributed by atoms with Crippen molar-refractivity contribution in [3.8, 4) is 0 Å². The first-order valence-electron chi connectivity index (χ1n) is 4.88. The Morgan fingerprint density at radius 1 is 1.46 bits per heavy atom. The van der Waals surface area contributed by atoms with E-state index in [1.165, 1.54) is 0 Å². The largest absolute Gasteiger partial charge is 0.395 e. The van der Waals surface area contributed by atoms with E-state index in [2.05, 4.69) is 0 Å². The van der Waals surface area contributed by atoms with Crippen molar-refractivity contribution < 1.29 is 14.6 Å². The molecule has 1 heterocycles.